The van der Waals surface area contributed by atoms with Crippen LogP contribution in [-0.2, 0) is 0 Å². The van der Waals surface area contributed by atoms with Crippen LogP contribution in [0.3, 0.4) is 0 Å². The predicted molar refractivity (Wildman–Crippen MR) is 50.9 cm³/mol. The second-order valence-electron chi connectivity index (χ2n) is 5.34. The van der Waals surface area contributed by atoms with E-state index in [9.17, 15) is 0 Å². The van der Waals surface area contributed by atoms with Gasteiger partial charge in [0.15, 0.2) is 0 Å². The van der Waals surface area contributed by atoms with E-state index in [0.717, 1.165) is 10.8 Å². The van der Waals surface area contributed by atoms with Gasteiger partial charge in [-0.25, -0.2) is 0 Å². The van der Waals surface area contributed by atoms with Gasteiger partial charge in [0.1, 0.15) is 0 Å². The van der Waals surface area contributed by atoms with E-state index in [-0.39, 0.29) is 0 Å². The summed E-state index contributed by atoms with van der Waals surface area (Å²) < 4.78 is 0. The van der Waals surface area contributed by atoms with Crippen molar-refractivity contribution >= 4 is 0 Å². The lowest BCUT2D eigenvalue weighted by Gasteiger charge is -2.23. The lowest BCUT2D eigenvalue weighted by atomic mass is 9.81. The number of rotatable bonds is 0. The average molecular weight is 162 g/mol. The Morgan fingerprint density at radius 1 is 0.917 bits per heavy atom. The van der Waals surface area contributed by atoms with Gasteiger partial charge in [-0.15, -0.1) is 0 Å². The van der Waals surface area contributed by atoms with Crippen LogP contribution in [0.25, 0.3) is 0 Å². The van der Waals surface area contributed by atoms with Crippen LogP contribution in [0.1, 0.15) is 51.4 Å². The van der Waals surface area contributed by atoms with E-state index in [1.54, 1.807) is 18.4 Å². The molecule has 0 saturated heterocycles. The highest BCUT2D eigenvalue weighted by atomic mass is 14.7. The van der Waals surface area contributed by atoms with Crippen molar-refractivity contribution in [1.29, 1.82) is 0 Å². The Morgan fingerprint density at radius 3 is 2.17 bits per heavy atom. The molecule has 0 heterocycles. The summed E-state index contributed by atoms with van der Waals surface area (Å²) in [5, 5.41) is 0. The number of hydrogen-bond donors (Lipinski definition) is 0. The van der Waals surface area contributed by atoms with Crippen molar-refractivity contribution in [3.8, 4) is 0 Å². The Bertz CT molecular complexity index is 228. The normalized spacial score (nSPS) is 35.2. The predicted octanol–water partition coefficient (Wildman–Crippen LogP) is 3.68. The van der Waals surface area contributed by atoms with E-state index in [2.05, 4.69) is 6.58 Å². The SMILES string of the molecule is C=C1CCCC2(CC2)C2(CC2)C1. The molecule has 0 aromatic carbocycles. The van der Waals surface area contributed by atoms with Crippen LogP contribution in [0.4, 0.5) is 0 Å². The fourth-order valence-corrected chi connectivity index (χ4v) is 3.49. The molecule has 0 amide bonds. The largest absolute Gasteiger partial charge is 0.0998 e. The first-order chi connectivity index (χ1) is 5.77. The molecule has 0 heteroatoms. The highest BCUT2D eigenvalue weighted by Crippen LogP contribution is 2.75. The lowest BCUT2D eigenvalue weighted by molar-refractivity contribution is 0.271. The van der Waals surface area contributed by atoms with E-state index in [1.807, 2.05) is 0 Å². The first-order valence-electron chi connectivity index (χ1n) is 5.43. The minimum atomic E-state index is 0.792. The summed E-state index contributed by atoms with van der Waals surface area (Å²) in [5.41, 5.74) is 3.18. The van der Waals surface area contributed by atoms with E-state index in [1.165, 1.54) is 38.5 Å². The fourth-order valence-electron chi connectivity index (χ4n) is 3.49. The minimum absolute atomic E-state index is 0.792. The molecule has 0 atom stereocenters. The third-order valence-corrected chi connectivity index (χ3v) is 4.61. The summed E-state index contributed by atoms with van der Waals surface area (Å²) in [6.45, 7) is 4.20. The maximum absolute atomic E-state index is 4.20. The van der Waals surface area contributed by atoms with Crippen molar-refractivity contribution in [1.82, 2.24) is 0 Å². The van der Waals surface area contributed by atoms with Gasteiger partial charge in [-0.1, -0.05) is 12.2 Å². The summed E-state index contributed by atoms with van der Waals surface area (Å²) in [7, 11) is 0. The number of allylic oxidation sites excluding steroid dienone is 1. The third kappa shape index (κ3) is 0.787. The van der Waals surface area contributed by atoms with Crippen LogP contribution in [0.15, 0.2) is 12.2 Å². The quantitative estimate of drug-likeness (QED) is 0.477. The average Bonchev–Trinajstić information content (AvgIpc) is 2.81. The molecule has 0 N–H and O–H groups in total. The minimum Gasteiger partial charge on any atom is -0.0998 e. The Kier molecular flexibility index (Phi) is 1.18. The van der Waals surface area contributed by atoms with Crippen molar-refractivity contribution in [2.75, 3.05) is 0 Å². The zero-order chi connectivity index (χ0) is 8.23. The Labute approximate surface area is 75.0 Å². The summed E-state index contributed by atoms with van der Waals surface area (Å²) in [6.07, 6.45) is 11.8. The van der Waals surface area contributed by atoms with Crippen LogP contribution >= 0.6 is 0 Å². The van der Waals surface area contributed by atoms with Crippen LogP contribution in [0.2, 0.25) is 0 Å². The van der Waals surface area contributed by atoms with Crippen LogP contribution < -0.4 is 0 Å². The van der Waals surface area contributed by atoms with Gasteiger partial charge in [0.05, 0.1) is 0 Å². The molecule has 66 valence electrons. The molecule has 0 nitrogen and oxygen atoms in total. The van der Waals surface area contributed by atoms with Crippen molar-refractivity contribution < 1.29 is 0 Å². The molecule has 3 saturated carbocycles. The van der Waals surface area contributed by atoms with Crippen molar-refractivity contribution in [2.24, 2.45) is 10.8 Å². The molecule has 0 unspecified atom stereocenters. The smallest absolute Gasteiger partial charge is 0.0203 e. The van der Waals surface area contributed by atoms with Gasteiger partial charge in [-0.3, -0.25) is 0 Å². The summed E-state index contributed by atoms with van der Waals surface area (Å²) in [5.74, 6) is 0. The molecule has 0 bridgehead atoms. The molecule has 3 aliphatic carbocycles. The van der Waals surface area contributed by atoms with E-state index in [4.69, 9.17) is 0 Å². The molecular formula is C12H18. The molecule has 0 aromatic rings. The summed E-state index contributed by atoms with van der Waals surface area (Å²) in [4.78, 5) is 0. The van der Waals surface area contributed by atoms with E-state index in [0.29, 0.717) is 0 Å². The molecule has 0 aliphatic heterocycles. The number of fused-ring (bicyclic) bond motifs is 1. The molecule has 0 radical (unpaired) electrons. The first-order valence-corrected chi connectivity index (χ1v) is 5.43. The molecule has 3 rings (SSSR count). The van der Waals surface area contributed by atoms with Gasteiger partial charge in [-0.05, 0) is 62.2 Å². The van der Waals surface area contributed by atoms with Gasteiger partial charge in [-0.2, -0.15) is 0 Å². The van der Waals surface area contributed by atoms with Gasteiger partial charge >= 0.3 is 0 Å². The van der Waals surface area contributed by atoms with E-state index < -0.39 is 0 Å². The second-order valence-corrected chi connectivity index (χ2v) is 5.34. The summed E-state index contributed by atoms with van der Waals surface area (Å²) >= 11 is 0. The topological polar surface area (TPSA) is 0 Å². The maximum atomic E-state index is 4.20. The van der Waals surface area contributed by atoms with Gasteiger partial charge in [0.25, 0.3) is 0 Å². The monoisotopic (exact) mass is 162 g/mol. The third-order valence-electron chi connectivity index (χ3n) is 4.61. The summed E-state index contributed by atoms with van der Waals surface area (Å²) in [6, 6.07) is 0. The first kappa shape index (κ1) is 7.17. The van der Waals surface area contributed by atoms with Crippen LogP contribution in [-0.4, -0.2) is 0 Å². The van der Waals surface area contributed by atoms with Gasteiger partial charge < -0.3 is 0 Å². The van der Waals surface area contributed by atoms with Crippen LogP contribution in [0, 0.1) is 10.8 Å². The van der Waals surface area contributed by atoms with E-state index >= 15 is 0 Å². The standard InChI is InChI=1S/C12H18/c1-10-3-2-4-11(5-6-11)12(9-10)7-8-12/h1-9H2. The highest BCUT2D eigenvalue weighted by molar-refractivity contribution is 5.20. The van der Waals surface area contributed by atoms with Gasteiger partial charge in [0, 0.05) is 0 Å². The molecular weight excluding hydrogens is 144 g/mol. The zero-order valence-electron chi connectivity index (χ0n) is 7.86. The maximum Gasteiger partial charge on any atom is -0.0203 e. The molecule has 0 aromatic heterocycles. The Hall–Kier alpha value is -0.260. The van der Waals surface area contributed by atoms with Gasteiger partial charge in [0.2, 0.25) is 0 Å². The lowest BCUT2D eigenvalue weighted by Crippen LogP contribution is -2.15. The molecule has 12 heavy (non-hydrogen) atoms. The van der Waals surface area contributed by atoms with Crippen molar-refractivity contribution in [3.63, 3.8) is 0 Å². The van der Waals surface area contributed by atoms with Crippen LogP contribution in [0.5, 0.6) is 0 Å². The van der Waals surface area contributed by atoms with Crippen molar-refractivity contribution in [3.05, 3.63) is 12.2 Å². The van der Waals surface area contributed by atoms with Crippen molar-refractivity contribution in [2.45, 2.75) is 51.4 Å². The number of hydrogen-bond acceptors (Lipinski definition) is 0. The molecule has 2 spiro atoms. The molecule has 3 aliphatic rings. The Balaban J connectivity index is 1.90. The zero-order valence-corrected chi connectivity index (χ0v) is 7.86. The Morgan fingerprint density at radius 2 is 1.58 bits per heavy atom. The second kappa shape index (κ2) is 1.97. The fraction of sp³-hybridized carbons (Fsp3) is 0.833. The highest BCUT2D eigenvalue weighted by Gasteiger charge is 2.64. The molecule has 3 fully saturated rings.